The molecule has 0 nitrogen and oxygen atoms in total. The van der Waals surface area contributed by atoms with Crippen LogP contribution in [0.25, 0.3) is 0 Å². The molecule has 0 atom stereocenters. The fourth-order valence-electron chi connectivity index (χ4n) is 0.450. The highest BCUT2D eigenvalue weighted by Crippen LogP contribution is 2.34. The van der Waals surface area contributed by atoms with E-state index >= 15 is 0 Å². The average Bonchev–Trinajstić information content (AvgIpc) is 1.94. The normalized spacial score (nSPS) is 22.5. The van der Waals surface area contributed by atoms with Gasteiger partial charge in [0, 0.05) is 13.8 Å². The summed E-state index contributed by atoms with van der Waals surface area (Å²) in [5.41, 5.74) is 0. The summed E-state index contributed by atoms with van der Waals surface area (Å²) in [4.78, 5) is 3.24. The minimum Gasteiger partial charge on any atom is 0.0107 e. The lowest BCUT2D eigenvalue weighted by molar-refractivity contribution is 1.64. The highest BCUT2D eigenvalue weighted by Gasteiger charge is 2.38. The second-order valence-electron chi connectivity index (χ2n) is 1.62. The third kappa shape index (κ3) is 0.384. The summed E-state index contributed by atoms with van der Waals surface area (Å²) in [6.45, 7) is 4.41. The first-order valence-corrected chi connectivity index (χ1v) is 3.70. The smallest absolute Gasteiger partial charge is 0.0107 e. The van der Waals surface area contributed by atoms with E-state index in [9.17, 15) is 0 Å². The Morgan fingerprint density at radius 3 is 1.33 bits per heavy atom. The first-order chi connectivity index (χ1) is 2.73. The average molecular weight is 101 g/mol. The summed E-state index contributed by atoms with van der Waals surface area (Å²) < 4.78 is 0. The van der Waals surface area contributed by atoms with Gasteiger partial charge in [-0.1, -0.05) is 0 Å². The zero-order valence-electron chi connectivity index (χ0n) is 4.41. The van der Waals surface area contributed by atoms with E-state index in [1.807, 2.05) is 0 Å². The van der Waals surface area contributed by atoms with Crippen molar-refractivity contribution in [2.45, 2.75) is 13.8 Å². The van der Waals surface area contributed by atoms with Crippen molar-refractivity contribution in [2.24, 2.45) is 0 Å². The van der Waals surface area contributed by atoms with Crippen LogP contribution in [0.5, 0.6) is 0 Å². The fourth-order valence-corrected chi connectivity index (χ4v) is 1.60. The van der Waals surface area contributed by atoms with Crippen LogP contribution in [0.15, 0.2) is 9.81 Å². The Hall–Kier alpha value is 0.0900. The molecule has 1 heteroatoms. The molecule has 6 heavy (non-hydrogen) atoms. The van der Waals surface area contributed by atoms with E-state index in [0.29, 0.717) is 10.9 Å². The van der Waals surface area contributed by atoms with Gasteiger partial charge in [-0.2, -0.15) is 0 Å². The van der Waals surface area contributed by atoms with Crippen molar-refractivity contribution in [3.8, 4) is 0 Å². The molecule has 34 valence electrons. The third-order valence-electron chi connectivity index (χ3n) is 1.37. The van der Waals surface area contributed by atoms with Crippen molar-refractivity contribution < 1.29 is 0 Å². The van der Waals surface area contributed by atoms with Gasteiger partial charge in [0.05, 0.1) is 10.9 Å². The van der Waals surface area contributed by atoms with Gasteiger partial charge in [0.15, 0.2) is 9.81 Å². The summed E-state index contributed by atoms with van der Waals surface area (Å²) >= 11 is 0. The number of hydrogen-bond donors (Lipinski definition) is 0. The first-order valence-electron chi connectivity index (χ1n) is 2.07. The summed E-state index contributed by atoms with van der Waals surface area (Å²) in [5.74, 6) is 0. The van der Waals surface area contributed by atoms with Gasteiger partial charge in [-0.3, -0.25) is 0 Å². The van der Waals surface area contributed by atoms with Crippen LogP contribution in [0.3, 0.4) is 0 Å². The van der Waals surface area contributed by atoms with E-state index in [1.54, 1.807) is 9.81 Å². The predicted molar refractivity (Wildman–Crippen MR) is 31.7 cm³/mol. The molecule has 0 amide bonds. The molecule has 0 aromatic heterocycles. The van der Waals surface area contributed by atoms with Crippen LogP contribution in [-0.4, -0.2) is 6.26 Å². The molecule has 0 aromatic rings. The number of rotatable bonds is 0. The van der Waals surface area contributed by atoms with Gasteiger partial charge >= 0.3 is 0 Å². The van der Waals surface area contributed by atoms with Crippen LogP contribution in [-0.2, 0) is 10.9 Å². The largest absolute Gasteiger partial charge is 0.184 e. The minimum absolute atomic E-state index is 0.633. The Kier molecular flexibility index (Phi) is 0.731. The molecule has 1 heterocycles. The standard InChI is InChI=1S/C5H9S/c1-4-5(2)6(4)3/h1-3H3/q+1. The molecule has 1 aliphatic rings. The van der Waals surface area contributed by atoms with Crippen LogP contribution >= 0.6 is 0 Å². The molecule has 0 spiro atoms. The fraction of sp³-hybridized carbons (Fsp3) is 0.600. The molecule has 0 saturated heterocycles. The summed E-state index contributed by atoms with van der Waals surface area (Å²) in [5, 5.41) is 0. The van der Waals surface area contributed by atoms with Crippen LogP contribution in [0.1, 0.15) is 13.8 Å². The topological polar surface area (TPSA) is 0 Å². The van der Waals surface area contributed by atoms with Crippen molar-refractivity contribution >= 4 is 10.9 Å². The van der Waals surface area contributed by atoms with Crippen molar-refractivity contribution in [3.63, 3.8) is 0 Å². The van der Waals surface area contributed by atoms with Gasteiger partial charge in [-0.25, -0.2) is 0 Å². The van der Waals surface area contributed by atoms with Crippen LogP contribution in [0.4, 0.5) is 0 Å². The van der Waals surface area contributed by atoms with Crippen molar-refractivity contribution in [1.82, 2.24) is 0 Å². The Balaban J connectivity index is 2.54. The highest BCUT2D eigenvalue weighted by molar-refractivity contribution is 8.09. The lowest BCUT2D eigenvalue weighted by Crippen LogP contribution is -1.68. The van der Waals surface area contributed by atoms with E-state index in [0.717, 1.165) is 0 Å². The SMILES string of the molecule is CC1=C(C)[S+]1C. The maximum atomic E-state index is 2.27. The van der Waals surface area contributed by atoms with Gasteiger partial charge in [-0.05, 0) is 0 Å². The predicted octanol–water partition coefficient (Wildman–Crippen LogP) is 1.50. The van der Waals surface area contributed by atoms with Crippen molar-refractivity contribution in [3.05, 3.63) is 9.81 Å². The molecule has 0 N–H and O–H groups in total. The van der Waals surface area contributed by atoms with Crippen LogP contribution in [0, 0.1) is 0 Å². The summed E-state index contributed by atoms with van der Waals surface area (Å²) in [6, 6.07) is 0. The lowest BCUT2D eigenvalue weighted by Gasteiger charge is -1.60. The lowest BCUT2D eigenvalue weighted by atomic mass is 10.6. The van der Waals surface area contributed by atoms with E-state index in [2.05, 4.69) is 20.1 Å². The molecule has 1 rings (SSSR count). The molecule has 0 aromatic carbocycles. The Bertz CT molecular complexity index is 90.5. The van der Waals surface area contributed by atoms with Gasteiger partial charge in [0.1, 0.15) is 6.26 Å². The molecule has 1 aliphatic heterocycles. The quantitative estimate of drug-likeness (QED) is 0.406. The molecular formula is C5H9S+. The molecule has 0 bridgehead atoms. The number of hydrogen-bond acceptors (Lipinski definition) is 0. The highest BCUT2D eigenvalue weighted by atomic mass is 32.2. The van der Waals surface area contributed by atoms with E-state index in [4.69, 9.17) is 0 Å². The second-order valence-corrected chi connectivity index (χ2v) is 3.87. The first kappa shape index (κ1) is 4.25. The van der Waals surface area contributed by atoms with E-state index in [-0.39, 0.29) is 0 Å². The van der Waals surface area contributed by atoms with Crippen LogP contribution in [0.2, 0.25) is 0 Å². The maximum Gasteiger partial charge on any atom is 0.184 e. The van der Waals surface area contributed by atoms with Gasteiger partial charge < -0.3 is 0 Å². The molecule has 0 radical (unpaired) electrons. The Labute approximate surface area is 41.6 Å². The van der Waals surface area contributed by atoms with Crippen LogP contribution < -0.4 is 0 Å². The number of allylic oxidation sites excluding steroid dienone is 2. The monoisotopic (exact) mass is 101 g/mol. The van der Waals surface area contributed by atoms with Crippen molar-refractivity contribution in [1.29, 1.82) is 0 Å². The summed E-state index contributed by atoms with van der Waals surface area (Å²) in [7, 11) is 0.633. The van der Waals surface area contributed by atoms with E-state index < -0.39 is 0 Å². The molecular weight excluding hydrogens is 92.1 g/mol. The van der Waals surface area contributed by atoms with E-state index in [1.165, 1.54) is 0 Å². The second kappa shape index (κ2) is 1.03. The van der Waals surface area contributed by atoms with Gasteiger partial charge in [0.25, 0.3) is 0 Å². The molecule has 0 unspecified atom stereocenters. The summed E-state index contributed by atoms with van der Waals surface area (Å²) in [6.07, 6.45) is 2.27. The Morgan fingerprint density at radius 1 is 1.17 bits per heavy atom. The van der Waals surface area contributed by atoms with Gasteiger partial charge in [-0.15, -0.1) is 0 Å². The molecule has 0 aliphatic carbocycles. The molecule has 0 fully saturated rings. The zero-order valence-corrected chi connectivity index (χ0v) is 5.22. The van der Waals surface area contributed by atoms with Gasteiger partial charge in [0.2, 0.25) is 0 Å². The zero-order chi connectivity index (χ0) is 4.73. The third-order valence-corrected chi connectivity index (χ3v) is 3.62. The Morgan fingerprint density at radius 2 is 1.33 bits per heavy atom. The molecule has 0 saturated carbocycles. The maximum absolute atomic E-state index is 2.27. The minimum atomic E-state index is 0.633. The van der Waals surface area contributed by atoms with Crippen molar-refractivity contribution in [2.75, 3.05) is 6.26 Å².